The van der Waals surface area contributed by atoms with Gasteiger partial charge in [-0.1, -0.05) is 18.2 Å². The molecular weight excluding hydrogens is 240 g/mol. The van der Waals surface area contributed by atoms with E-state index in [9.17, 15) is 5.11 Å². The number of aliphatic hydroxyl groups excluding tert-OH is 1. The molecule has 0 aliphatic carbocycles. The maximum atomic E-state index is 9.21. The number of H-pyrrole nitrogens is 1. The molecule has 1 aliphatic rings. The number of aliphatic hydroxyl groups is 1. The molecule has 2 heterocycles. The highest BCUT2D eigenvalue weighted by atomic mass is 16.3. The maximum absolute atomic E-state index is 9.21. The Morgan fingerprint density at radius 2 is 2.21 bits per heavy atom. The molecule has 0 saturated carbocycles. The number of hydrogen-bond acceptors (Lipinski definition) is 4. The van der Waals surface area contributed by atoms with Gasteiger partial charge < -0.3 is 20.3 Å². The summed E-state index contributed by atoms with van der Waals surface area (Å²) in [5.41, 5.74) is 2.36. The van der Waals surface area contributed by atoms with Crippen molar-refractivity contribution >= 4 is 16.9 Å². The fourth-order valence-corrected chi connectivity index (χ4v) is 2.45. The van der Waals surface area contributed by atoms with Gasteiger partial charge in [-0.25, -0.2) is 0 Å². The predicted molar refractivity (Wildman–Crippen MR) is 76.1 cm³/mol. The SMILES string of the molecule is OCCN(Cc1c[nH]c2ccccc12)C1=NCCN1. The second-order valence-corrected chi connectivity index (χ2v) is 4.64. The van der Waals surface area contributed by atoms with Crippen molar-refractivity contribution in [2.75, 3.05) is 26.2 Å². The fourth-order valence-electron chi connectivity index (χ4n) is 2.45. The smallest absolute Gasteiger partial charge is 0.194 e. The number of aromatic amines is 1. The third kappa shape index (κ3) is 2.42. The molecule has 2 aromatic rings. The van der Waals surface area contributed by atoms with Crippen molar-refractivity contribution < 1.29 is 5.11 Å². The molecule has 5 nitrogen and oxygen atoms in total. The first-order valence-electron chi connectivity index (χ1n) is 6.57. The summed E-state index contributed by atoms with van der Waals surface area (Å²) in [5, 5.41) is 13.7. The Morgan fingerprint density at radius 3 is 3.00 bits per heavy atom. The van der Waals surface area contributed by atoms with Crippen LogP contribution in [0, 0.1) is 0 Å². The van der Waals surface area contributed by atoms with Crippen molar-refractivity contribution in [1.82, 2.24) is 15.2 Å². The number of hydrogen-bond donors (Lipinski definition) is 3. The van der Waals surface area contributed by atoms with Crippen molar-refractivity contribution in [3.8, 4) is 0 Å². The van der Waals surface area contributed by atoms with Crippen LogP contribution in [0.15, 0.2) is 35.5 Å². The van der Waals surface area contributed by atoms with Gasteiger partial charge in [-0.05, 0) is 11.6 Å². The molecule has 19 heavy (non-hydrogen) atoms. The third-order valence-electron chi connectivity index (χ3n) is 3.36. The zero-order chi connectivity index (χ0) is 13.1. The Hall–Kier alpha value is -2.01. The molecule has 3 N–H and O–H groups in total. The van der Waals surface area contributed by atoms with Crippen LogP contribution < -0.4 is 5.32 Å². The van der Waals surface area contributed by atoms with E-state index in [1.807, 2.05) is 18.3 Å². The maximum Gasteiger partial charge on any atom is 0.194 e. The number of nitrogens with zero attached hydrogens (tertiary/aromatic N) is 2. The van der Waals surface area contributed by atoms with Gasteiger partial charge in [0.2, 0.25) is 0 Å². The predicted octanol–water partition coefficient (Wildman–Crippen LogP) is 0.921. The van der Waals surface area contributed by atoms with Gasteiger partial charge in [-0.2, -0.15) is 0 Å². The van der Waals surface area contributed by atoms with Gasteiger partial charge in [0.25, 0.3) is 0 Å². The van der Waals surface area contributed by atoms with Crippen LogP contribution in [0.25, 0.3) is 10.9 Å². The van der Waals surface area contributed by atoms with Gasteiger partial charge >= 0.3 is 0 Å². The molecule has 0 unspecified atom stereocenters. The topological polar surface area (TPSA) is 63.6 Å². The quantitative estimate of drug-likeness (QED) is 0.764. The van der Waals surface area contributed by atoms with E-state index in [0.717, 1.165) is 31.1 Å². The number of guanidine groups is 1. The standard InChI is InChI=1S/C14H18N4O/c19-8-7-18(14-15-5-6-16-14)10-11-9-17-13-4-2-1-3-12(11)13/h1-4,9,17,19H,5-8,10H2,(H,15,16). The summed E-state index contributed by atoms with van der Waals surface area (Å²) in [5.74, 6) is 0.888. The van der Waals surface area contributed by atoms with Crippen LogP contribution in [0.4, 0.5) is 0 Å². The molecule has 1 aliphatic heterocycles. The minimum Gasteiger partial charge on any atom is -0.395 e. The number of para-hydroxylation sites is 1. The van der Waals surface area contributed by atoms with Crippen molar-refractivity contribution in [3.63, 3.8) is 0 Å². The van der Waals surface area contributed by atoms with E-state index in [-0.39, 0.29) is 6.61 Å². The summed E-state index contributed by atoms with van der Waals surface area (Å²) in [4.78, 5) is 9.79. The van der Waals surface area contributed by atoms with Crippen LogP contribution in [0.5, 0.6) is 0 Å². The molecule has 0 atom stereocenters. The Morgan fingerprint density at radius 1 is 1.32 bits per heavy atom. The molecule has 0 spiro atoms. The first-order valence-corrected chi connectivity index (χ1v) is 6.57. The zero-order valence-corrected chi connectivity index (χ0v) is 10.8. The van der Waals surface area contributed by atoms with Crippen LogP contribution in [-0.2, 0) is 6.54 Å². The number of fused-ring (bicyclic) bond motifs is 1. The van der Waals surface area contributed by atoms with Crippen LogP contribution in [0.3, 0.4) is 0 Å². The van der Waals surface area contributed by atoms with Gasteiger partial charge in [0.05, 0.1) is 13.2 Å². The first kappa shape index (κ1) is 12.0. The summed E-state index contributed by atoms with van der Waals surface area (Å²) >= 11 is 0. The summed E-state index contributed by atoms with van der Waals surface area (Å²) in [7, 11) is 0. The van der Waals surface area contributed by atoms with Gasteiger partial charge in [0, 0.05) is 36.7 Å². The molecule has 0 bridgehead atoms. The normalized spacial score (nSPS) is 14.5. The molecule has 1 aromatic heterocycles. The van der Waals surface area contributed by atoms with Gasteiger partial charge in [0.1, 0.15) is 0 Å². The number of benzene rings is 1. The Balaban J connectivity index is 1.85. The molecule has 3 rings (SSSR count). The molecule has 1 aromatic carbocycles. The van der Waals surface area contributed by atoms with E-state index in [2.05, 4.69) is 32.3 Å². The molecular formula is C14H18N4O. The van der Waals surface area contributed by atoms with Crippen LogP contribution in [0.1, 0.15) is 5.56 Å². The second kappa shape index (κ2) is 5.32. The van der Waals surface area contributed by atoms with Gasteiger partial charge in [-0.15, -0.1) is 0 Å². The average molecular weight is 258 g/mol. The van der Waals surface area contributed by atoms with Crippen molar-refractivity contribution in [2.45, 2.75) is 6.54 Å². The van der Waals surface area contributed by atoms with E-state index in [1.165, 1.54) is 10.9 Å². The summed E-state index contributed by atoms with van der Waals surface area (Å²) in [6, 6.07) is 8.25. The van der Waals surface area contributed by atoms with E-state index in [0.29, 0.717) is 6.54 Å². The van der Waals surface area contributed by atoms with E-state index in [1.54, 1.807) is 0 Å². The number of aliphatic imine (C=N–C) groups is 1. The molecule has 5 heteroatoms. The number of nitrogens with one attached hydrogen (secondary N) is 2. The third-order valence-corrected chi connectivity index (χ3v) is 3.36. The lowest BCUT2D eigenvalue weighted by Gasteiger charge is -2.23. The first-order chi connectivity index (χ1) is 9.38. The molecule has 100 valence electrons. The van der Waals surface area contributed by atoms with Gasteiger partial charge in [-0.3, -0.25) is 4.99 Å². The number of rotatable bonds is 4. The van der Waals surface area contributed by atoms with Crippen molar-refractivity contribution in [1.29, 1.82) is 0 Å². The monoisotopic (exact) mass is 258 g/mol. The minimum atomic E-state index is 0.128. The van der Waals surface area contributed by atoms with Crippen molar-refractivity contribution in [3.05, 3.63) is 36.0 Å². The van der Waals surface area contributed by atoms with Crippen LogP contribution in [0.2, 0.25) is 0 Å². The van der Waals surface area contributed by atoms with E-state index >= 15 is 0 Å². The molecule has 0 saturated heterocycles. The summed E-state index contributed by atoms with van der Waals surface area (Å²) in [6.07, 6.45) is 2.03. The highest BCUT2D eigenvalue weighted by Crippen LogP contribution is 2.19. The Bertz CT molecular complexity index is 590. The largest absolute Gasteiger partial charge is 0.395 e. The van der Waals surface area contributed by atoms with Crippen LogP contribution >= 0.6 is 0 Å². The number of aromatic nitrogens is 1. The molecule has 0 amide bonds. The van der Waals surface area contributed by atoms with Gasteiger partial charge in [0.15, 0.2) is 5.96 Å². The highest BCUT2D eigenvalue weighted by molar-refractivity contribution is 5.85. The highest BCUT2D eigenvalue weighted by Gasteiger charge is 2.16. The lowest BCUT2D eigenvalue weighted by molar-refractivity contribution is 0.244. The molecule has 0 fully saturated rings. The van der Waals surface area contributed by atoms with Crippen LogP contribution in [-0.4, -0.2) is 47.2 Å². The zero-order valence-electron chi connectivity index (χ0n) is 10.8. The Kier molecular flexibility index (Phi) is 3.37. The fraction of sp³-hybridized carbons (Fsp3) is 0.357. The lowest BCUT2D eigenvalue weighted by Crippen LogP contribution is -2.39. The summed E-state index contributed by atoms with van der Waals surface area (Å²) < 4.78 is 0. The second-order valence-electron chi connectivity index (χ2n) is 4.64. The minimum absolute atomic E-state index is 0.128. The lowest BCUT2D eigenvalue weighted by atomic mass is 10.1. The van der Waals surface area contributed by atoms with Crippen molar-refractivity contribution in [2.24, 2.45) is 4.99 Å². The molecule has 0 radical (unpaired) electrons. The summed E-state index contributed by atoms with van der Waals surface area (Å²) in [6.45, 7) is 3.15. The van der Waals surface area contributed by atoms with E-state index in [4.69, 9.17) is 0 Å². The van der Waals surface area contributed by atoms with E-state index < -0.39 is 0 Å². The average Bonchev–Trinajstić information content (AvgIpc) is 3.08. The Labute approximate surface area is 112 Å².